The normalized spacial score (nSPS) is 28.8. The van der Waals surface area contributed by atoms with Crippen LogP contribution in [0.5, 0.6) is 0 Å². The summed E-state index contributed by atoms with van der Waals surface area (Å²) in [6, 6.07) is 1.56. The van der Waals surface area contributed by atoms with E-state index in [-0.39, 0.29) is 25.5 Å². The van der Waals surface area contributed by atoms with Crippen molar-refractivity contribution in [2.24, 2.45) is 0 Å². The summed E-state index contributed by atoms with van der Waals surface area (Å²) in [6.07, 6.45) is 0.238. The molecule has 2 unspecified atom stereocenters. The molecule has 0 spiro atoms. The molecule has 90 valence electrons. The lowest BCUT2D eigenvalue weighted by molar-refractivity contribution is -0.00133. The number of rotatable bonds is 1. The van der Waals surface area contributed by atoms with Gasteiger partial charge in [-0.1, -0.05) is 0 Å². The lowest BCUT2D eigenvalue weighted by Gasteiger charge is -2.36. The lowest BCUT2D eigenvalue weighted by atomic mass is 9.91. The second-order valence-electron chi connectivity index (χ2n) is 3.90. The minimum atomic E-state index is -1.95. The van der Waals surface area contributed by atoms with Crippen LogP contribution in [0.4, 0.5) is 14.7 Å². The largest absolute Gasteiger partial charge is 0.373 e. The molecule has 2 rings (SSSR count). The molecule has 1 N–H and O–H groups in total. The molecule has 0 amide bonds. The van der Waals surface area contributed by atoms with Gasteiger partial charge in [-0.05, 0) is 0 Å². The average Bonchev–Trinajstić information content (AvgIpc) is 2.34. The summed E-state index contributed by atoms with van der Waals surface area (Å²) < 4.78 is 26.2. The third kappa shape index (κ3) is 2.17. The maximum absolute atomic E-state index is 13.6. The van der Waals surface area contributed by atoms with Gasteiger partial charge in [-0.25, -0.2) is 18.7 Å². The minimum Gasteiger partial charge on any atom is -0.373 e. The maximum Gasteiger partial charge on any atom is 0.225 e. The number of aliphatic hydroxyl groups is 1. The number of hydrogen-bond donors (Lipinski definition) is 1. The molecule has 2 atom stereocenters. The van der Waals surface area contributed by atoms with Crippen LogP contribution in [-0.4, -0.2) is 39.9 Å². The van der Waals surface area contributed by atoms with Gasteiger partial charge in [0.1, 0.15) is 6.07 Å². The number of nitriles is 1. The zero-order chi connectivity index (χ0) is 12.5. The van der Waals surface area contributed by atoms with Gasteiger partial charge < -0.3 is 10.0 Å². The van der Waals surface area contributed by atoms with E-state index >= 15 is 0 Å². The summed E-state index contributed by atoms with van der Waals surface area (Å²) in [5.41, 5.74) is -1.95. The molecule has 17 heavy (non-hydrogen) atoms. The van der Waals surface area contributed by atoms with E-state index in [2.05, 4.69) is 9.97 Å². The van der Waals surface area contributed by atoms with E-state index in [1.165, 1.54) is 4.90 Å². The fourth-order valence-electron chi connectivity index (χ4n) is 1.67. The molecule has 1 aliphatic rings. The molecule has 1 aliphatic heterocycles. The van der Waals surface area contributed by atoms with Gasteiger partial charge in [0.05, 0.1) is 18.9 Å². The van der Waals surface area contributed by atoms with Crippen molar-refractivity contribution in [1.82, 2.24) is 9.97 Å². The molecule has 0 aliphatic carbocycles. The predicted octanol–water partition coefficient (Wildman–Crippen LogP) is 0.419. The zero-order valence-corrected chi connectivity index (χ0v) is 8.85. The van der Waals surface area contributed by atoms with Gasteiger partial charge >= 0.3 is 0 Å². The van der Waals surface area contributed by atoms with E-state index in [1.54, 1.807) is 6.07 Å². The van der Waals surface area contributed by atoms with E-state index in [0.717, 1.165) is 12.4 Å². The van der Waals surface area contributed by atoms with Gasteiger partial charge in [0, 0.05) is 13.0 Å². The van der Waals surface area contributed by atoms with Gasteiger partial charge in [0.25, 0.3) is 0 Å². The molecular weight excluding hydrogens is 230 g/mol. The number of anilines is 1. The van der Waals surface area contributed by atoms with Gasteiger partial charge in [0.2, 0.25) is 5.95 Å². The standard InChI is InChI=1S/C10H10F2N4O/c11-7-3-14-9(15-4-7)16-2-1-10(17,6-13)8(12)5-16/h3-4,8,17H,1-2,5H2. The van der Waals surface area contributed by atoms with Gasteiger partial charge in [0.15, 0.2) is 17.6 Å². The van der Waals surface area contributed by atoms with Crippen LogP contribution in [0.25, 0.3) is 0 Å². The summed E-state index contributed by atoms with van der Waals surface area (Å²) >= 11 is 0. The Bertz CT molecular complexity index is 447. The number of nitrogens with zero attached hydrogens (tertiary/aromatic N) is 4. The summed E-state index contributed by atoms with van der Waals surface area (Å²) in [4.78, 5) is 8.91. The minimum absolute atomic E-state index is 0.0363. The molecule has 0 saturated carbocycles. The Labute approximate surface area is 96.3 Å². The fourth-order valence-corrected chi connectivity index (χ4v) is 1.67. The highest BCUT2D eigenvalue weighted by Crippen LogP contribution is 2.26. The smallest absolute Gasteiger partial charge is 0.225 e. The molecule has 1 saturated heterocycles. The maximum atomic E-state index is 13.6. The van der Waals surface area contributed by atoms with Gasteiger partial charge in [-0.3, -0.25) is 0 Å². The highest BCUT2D eigenvalue weighted by Gasteiger charge is 2.43. The quantitative estimate of drug-likeness (QED) is 0.720. The number of hydrogen-bond acceptors (Lipinski definition) is 5. The van der Waals surface area contributed by atoms with E-state index in [1.807, 2.05) is 0 Å². The topological polar surface area (TPSA) is 73.0 Å². The number of alkyl halides is 1. The van der Waals surface area contributed by atoms with Crippen LogP contribution in [0.1, 0.15) is 6.42 Å². The zero-order valence-electron chi connectivity index (χ0n) is 8.85. The van der Waals surface area contributed by atoms with E-state index in [9.17, 15) is 13.9 Å². The molecule has 0 aromatic carbocycles. The summed E-state index contributed by atoms with van der Waals surface area (Å²) in [5, 5.41) is 18.3. The third-order valence-electron chi connectivity index (χ3n) is 2.74. The molecule has 7 heteroatoms. The van der Waals surface area contributed by atoms with Crippen LogP contribution in [0, 0.1) is 17.1 Å². The Morgan fingerprint density at radius 2 is 2.18 bits per heavy atom. The number of piperidine rings is 1. The average molecular weight is 240 g/mol. The van der Waals surface area contributed by atoms with E-state index < -0.39 is 17.6 Å². The Morgan fingerprint density at radius 3 is 2.71 bits per heavy atom. The number of aromatic nitrogens is 2. The lowest BCUT2D eigenvalue weighted by Crippen LogP contribution is -2.53. The van der Waals surface area contributed by atoms with Crippen molar-refractivity contribution < 1.29 is 13.9 Å². The highest BCUT2D eigenvalue weighted by atomic mass is 19.1. The fraction of sp³-hybridized carbons (Fsp3) is 0.500. The van der Waals surface area contributed by atoms with Crippen LogP contribution in [-0.2, 0) is 0 Å². The van der Waals surface area contributed by atoms with Crippen molar-refractivity contribution in [1.29, 1.82) is 5.26 Å². The second kappa shape index (κ2) is 4.22. The van der Waals surface area contributed by atoms with E-state index in [0.29, 0.717) is 0 Å². The molecule has 1 aromatic rings. The summed E-state index contributed by atoms with van der Waals surface area (Å²) in [7, 11) is 0. The van der Waals surface area contributed by atoms with Gasteiger partial charge in [-0.2, -0.15) is 5.26 Å². The van der Waals surface area contributed by atoms with Gasteiger partial charge in [-0.15, -0.1) is 0 Å². The Balaban J connectivity index is 2.13. The van der Waals surface area contributed by atoms with Crippen LogP contribution in [0.3, 0.4) is 0 Å². The van der Waals surface area contributed by atoms with Crippen LogP contribution < -0.4 is 4.90 Å². The summed E-state index contributed by atoms with van der Waals surface area (Å²) in [6.45, 7) is 0.0613. The van der Waals surface area contributed by atoms with Crippen molar-refractivity contribution in [3.8, 4) is 6.07 Å². The van der Waals surface area contributed by atoms with Crippen LogP contribution >= 0.6 is 0 Å². The first-order valence-corrected chi connectivity index (χ1v) is 5.05. The summed E-state index contributed by atoms with van der Waals surface area (Å²) in [5.74, 6) is -0.384. The van der Waals surface area contributed by atoms with Crippen molar-refractivity contribution in [2.45, 2.75) is 18.2 Å². The van der Waals surface area contributed by atoms with Crippen molar-refractivity contribution in [2.75, 3.05) is 18.0 Å². The SMILES string of the molecule is N#CC1(O)CCN(c2ncc(F)cn2)CC1F. The van der Waals surface area contributed by atoms with E-state index in [4.69, 9.17) is 5.26 Å². The third-order valence-corrected chi connectivity index (χ3v) is 2.74. The molecule has 1 aromatic heterocycles. The molecule has 5 nitrogen and oxygen atoms in total. The molecule has 0 radical (unpaired) electrons. The van der Waals surface area contributed by atoms with Crippen LogP contribution in [0.2, 0.25) is 0 Å². The predicted molar refractivity (Wildman–Crippen MR) is 54.3 cm³/mol. The first-order valence-electron chi connectivity index (χ1n) is 5.05. The highest BCUT2D eigenvalue weighted by molar-refractivity contribution is 5.32. The monoisotopic (exact) mass is 240 g/mol. The van der Waals surface area contributed by atoms with Crippen molar-refractivity contribution in [3.63, 3.8) is 0 Å². The first kappa shape index (κ1) is 11.7. The number of halogens is 2. The molecular formula is C10H10F2N4O. The molecule has 0 bridgehead atoms. The Hall–Kier alpha value is -1.81. The molecule has 1 fully saturated rings. The second-order valence-corrected chi connectivity index (χ2v) is 3.90. The Morgan fingerprint density at radius 1 is 1.53 bits per heavy atom. The van der Waals surface area contributed by atoms with Crippen molar-refractivity contribution >= 4 is 5.95 Å². The van der Waals surface area contributed by atoms with Crippen molar-refractivity contribution in [3.05, 3.63) is 18.2 Å². The van der Waals surface area contributed by atoms with Crippen LogP contribution in [0.15, 0.2) is 12.4 Å². The first-order chi connectivity index (χ1) is 8.05. The Kier molecular flexibility index (Phi) is 2.90. The molecule has 2 heterocycles.